The molecule has 0 unspecified atom stereocenters. The van der Waals surface area contributed by atoms with Crippen molar-refractivity contribution in [1.29, 1.82) is 0 Å². The maximum atomic E-state index is 10.5. The molecule has 0 aromatic rings. The number of carbonyl (C=O) groups is 2. The summed E-state index contributed by atoms with van der Waals surface area (Å²) in [6.07, 6.45) is 1.02. The Kier molecular flexibility index (Phi) is 29.5. The fourth-order valence-electron chi connectivity index (χ4n) is 0.581. The van der Waals surface area contributed by atoms with E-state index >= 15 is 0 Å². The van der Waals surface area contributed by atoms with Gasteiger partial charge in [-0.1, -0.05) is 14.9 Å². The van der Waals surface area contributed by atoms with Crippen LogP contribution in [-0.4, -0.2) is 40.4 Å². The van der Waals surface area contributed by atoms with Gasteiger partial charge in [0.2, 0.25) is 0 Å². The normalized spacial score (nSPS) is 7.25. The zero-order chi connectivity index (χ0) is 11.4. The Hall–Kier alpha value is -1.10. The maximum Gasteiger partial charge on any atom is 0.305 e. The van der Waals surface area contributed by atoms with E-state index in [-0.39, 0.29) is 39.6 Å². The third-order valence-electron chi connectivity index (χ3n) is 1.22. The van der Waals surface area contributed by atoms with Gasteiger partial charge in [-0.25, -0.2) is 0 Å². The highest BCUT2D eigenvalue weighted by Crippen LogP contribution is 1.97. The van der Waals surface area contributed by atoms with Gasteiger partial charge in [-0.15, -0.1) is 0 Å². The van der Waals surface area contributed by atoms with Crippen molar-refractivity contribution >= 4 is 11.9 Å². The fraction of sp³-hybridized carbons (Fsp3) is 0.818. The Labute approximate surface area is 99.1 Å². The van der Waals surface area contributed by atoms with Gasteiger partial charge in [0.15, 0.2) is 0 Å². The average Bonchev–Trinajstić information content (AvgIpc) is 2.18. The van der Waals surface area contributed by atoms with E-state index in [9.17, 15) is 9.59 Å². The molecular formula is C11H26O5. The summed E-state index contributed by atoms with van der Waals surface area (Å²) in [5.74, 6) is -0.595. The minimum absolute atomic E-state index is 0. The van der Waals surface area contributed by atoms with E-state index < -0.39 is 0 Å². The second-order valence-corrected chi connectivity index (χ2v) is 2.41. The van der Waals surface area contributed by atoms with Crippen molar-refractivity contribution in [1.82, 2.24) is 0 Å². The van der Waals surface area contributed by atoms with Gasteiger partial charge < -0.3 is 14.2 Å². The Bertz CT molecular complexity index is 140. The van der Waals surface area contributed by atoms with Crippen molar-refractivity contribution < 1.29 is 23.8 Å². The number of rotatable bonds is 4. The number of hydrogen-bond donors (Lipinski definition) is 0. The lowest BCUT2D eigenvalue weighted by Gasteiger charge is -1.97. The van der Waals surface area contributed by atoms with Crippen LogP contribution < -0.4 is 0 Å². The summed E-state index contributed by atoms with van der Waals surface area (Å²) in [6.45, 7) is 0. The predicted octanol–water partition coefficient (Wildman–Crippen LogP) is 2.04. The topological polar surface area (TPSA) is 61.8 Å². The molecule has 0 radical (unpaired) electrons. The Morgan fingerprint density at radius 1 is 0.812 bits per heavy atom. The first-order valence-electron chi connectivity index (χ1n) is 4.16. The van der Waals surface area contributed by atoms with Gasteiger partial charge in [0.05, 0.1) is 14.2 Å². The lowest BCUT2D eigenvalue weighted by Crippen LogP contribution is -2.04. The predicted molar refractivity (Wildman–Crippen MR) is 64.3 cm³/mol. The van der Waals surface area contributed by atoms with Crippen LogP contribution in [0, 0.1) is 0 Å². The van der Waals surface area contributed by atoms with Crippen LogP contribution in [0.5, 0.6) is 0 Å². The van der Waals surface area contributed by atoms with Crippen LogP contribution in [-0.2, 0) is 23.8 Å². The van der Waals surface area contributed by atoms with E-state index in [1.165, 1.54) is 14.2 Å². The zero-order valence-electron chi connectivity index (χ0n) is 9.16. The summed E-state index contributed by atoms with van der Waals surface area (Å²) in [5, 5.41) is 0. The molecule has 0 spiro atoms. The van der Waals surface area contributed by atoms with E-state index in [1.807, 2.05) is 0 Å². The van der Waals surface area contributed by atoms with Gasteiger partial charge in [-0.3, -0.25) is 9.59 Å². The average molecular weight is 238 g/mol. The van der Waals surface area contributed by atoms with Crippen LogP contribution in [0.2, 0.25) is 0 Å². The Balaban J connectivity index is -0.000000129. The van der Waals surface area contributed by atoms with Gasteiger partial charge in [-0.05, 0) is 6.42 Å². The molecule has 0 fully saturated rings. The Morgan fingerprint density at radius 3 is 1.25 bits per heavy atom. The molecule has 0 aliphatic heterocycles. The third-order valence-corrected chi connectivity index (χ3v) is 1.22. The van der Waals surface area contributed by atoms with Crippen molar-refractivity contribution in [2.75, 3.05) is 28.4 Å². The van der Waals surface area contributed by atoms with Gasteiger partial charge in [-0.2, -0.15) is 0 Å². The molecule has 0 aliphatic carbocycles. The van der Waals surface area contributed by atoms with Gasteiger partial charge in [0, 0.05) is 27.1 Å². The minimum atomic E-state index is -0.297. The molecule has 5 nitrogen and oxygen atoms in total. The molecule has 0 bridgehead atoms. The molecule has 0 aromatic heterocycles. The largest absolute Gasteiger partial charge is 0.469 e. The summed E-state index contributed by atoms with van der Waals surface area (Å²) < 4.78 is 13.0. The minimum Gasteiger partial charge on any atom is -0.469 e. The smallest absolute Gasteiger partial charge is 0.305 e. The second-order valence-electron chi connectivity index (χ2n) is 2.41. The van der Waals surface area contributed by atoms with Crippen molar-refractivity contribution in [2.45, 2.75) is 34.1 Å². The molecule has 100 valence electrons. The highest BCUT2D eigenvalue weighted by molar-refractivity contribution is 5.72. The van der Waals surface area contributed by atoms with Crippen molar-refractivity contribution in [3.8, 4) is 0 Å². The quantitative estimate of drug-likeness (QED) is 0.701. The van der Waals surface area contributed by atoms with Gasteiger partial charge in [0.25, 0.3) is 0 Å². The van der Waals surface area contributed by atoms with Crippen molar-refractivity contribution in [3.63, 3.8) is 0 Å². The van der Waals surface area contributed by atoms with E-state index in [0.717, 1.165) is 0 Å². The fourth-order valence-corrected chi connectivity index (χ4v) is 0.581. The lowest BCUT2D eigenvalue weighted by atomic mass is 10.2. The molecule has 0 aromatic carbocycles. The number of hydrogen-bond acceptors (Lipinski definition) is 5. The molecular weight excluding hydrogens is 212 g/mol. The highest BCUT2D eigenvalue weighted by atomic mass is 16.5. The summed E-state index contributed by atoms with van der Waals surface area (Å²) in [7, 11) is 5.89. The number of carbonyl (C=O) groups excluding carboxylic acids is 2. The number of ether oxygens (including phenoxy) is 3. The monoisotopic (exact) mass is 238 g/mol. The first-order valence-corrected chi connectivity index (χ1v) is 4.16. The van der Waals surface area contributed by atoms with Gasteiger partial charge in [0.1, 0.15) is 0 Å². The summed E-state index contributed by atoms with van der Waals surface area (Å²) in [5.41, 5.74) is 0. The second kappa shape index (κ2) is 19.5. The van der Waals surface area contributed by atoms with E-state index in [4.69, 9.17) is 0 Å². The highest BCUT2D eigenvalue weighted by Gasteiger charge is 2.03. The van der Waals surface area contributed by atoms with Crippen LogP contribution >= 0.6 is 0 Å². The zero-order valence-corrected chi connectivity index (χ0v) is 9.16. The molecule has 0 atom stereocenters. The third kappa shape index (κ3) is 23.1. The number of methoxy groups -OCH3 is 3. The lowest BCUT2D eigenvalue weighted by molar-refractivity contribution is -0.142. The van der Waals surface area contributed by atoms with Crippen LogP contribution in [0.15, 0.2) is 0 Å². The van der Waals surface area contributed by atoms with Crippen molar-refractivity contribution in [2.24, 2.45) is 0 Å². The van der Waals surface area contributed by atoms with E-state index in [2.05, 4.69) is 14.2 Å². The molecule has 16 heavy (non-hydrogen) atoms. The van der Waals surface area contributed by atoms with Crippen LogP contribution in [0.4, 0.5) is 0 Å². The van der Waals surface area contributed by atoms with Gasteiger partial charge >= 0.3 is 11.9 Å². The molecule has 0 rings (SSSR count). The molecule has 5 heteroatoms. The van der Waals surface area contributed by atoms with Crippen molar-refractivity contribution in [3.05, 3.63) is 0 Å². The van der Waals surface area contributed by atoms with Crippen LogP contribution in [0.25, 0.3) is 0 Å². The van der Waals surface area contributed by atoms with E-state index in [0.29, 0.717) is 6.42 Å². The first kappa shape index (κ1) is 24.2. The summed E-state index contributed by atoms with van der Waals surface area (Å²) >= 11 is 0. The molecule has 0 saturated heterocycles. The molecule has 0 N–H and O–H groups in total. The van der Waals surface area contributed by atoms with E-state index in [1.54, 1.807) is 14.2 Å². The number of esters is 2. The Morgan fingerprint density at radius 2 is 1.06 bits per heavy atom. The van der Waals surface area contributed by atoms with Crippen LogP contribution in [0.1, 0.15) is 34.1 Å². The molecule has 0 amide bonds. The molecule has 0 aliphatic rings. The standard InChI is InChI=1S/C7H12O4.C2H6O.2CH4/c1-10-6(8)4-3-5-7(9)11-2;1-3-2;;/h3-5H2,1-2H3;1-2H3;2*1H4. The summed E-state index contributed by atoms with van der Waals surface area (Å²) in [6, 6.07) is 0. The molecule has 0 heterocycles. The SMILES string of the molecule is C.C.COC.COC(=O)CCCC(=O)OC. The van der Waals surface area contributed by atoms with Crippen LogP contribution in [0.3, 0.4) is 0 Å². The molecule has 0 saturated carbocycles. The first-order chi connectivity index (χ1) is 6.62. The maximum absolute atomic E-state index is 10.5. The summed E-state index contributed by atoms with van der Waals surface area (Å²) in [4.78, 5) is 21.0.